The molecule has 1 aromatic heterocycles. The maximum absolute atomic E-state index is 5.79. The molecule has 0 radical (unpaired) electrons. The molecule has 5 nitrogen and oxygen atoms in total. The first-order chi connectivity index (χ1) is 9.76. The summed E-state index contributed by atoms with van der Waals surface area (Å²) < 4.78 is 11.3. The predicted octanol–water partition coefficient (Wildman–Crippen LogP) is 2.42. The summed E-state index contributed by atoms with van der Waals surface area (Å²) in [5.41, 5.74) is 3.15. The molecule has 0 bridgehead atoms. The van der Waals surface area contributed by atoms with Gasteiger partial charge in [-0.3, -0.25) is 0 Å². The first-order valence-corrected chi connectivity index (χ1v) is 6.61. The van der Waals surface area contributed by atoms with E-state index >= 15 is 0 Å². The zero-order chi connectivity index (χ0) is 13.9. The van der Waals surface area contributed by atoms with Crippen LogP contribution < -0.4 is 14.8 Å². The standard InChI is InChI=1S/C15H17N3O2/c1-10-3-11-4-14(19-2)12(5-15(11)20-10)6-18-13-7-16-9-17-8-13/h4-5,7-10,18H,3,6H2,1-2H3. The van der Waals surface area contributed by atoms with Crippen molar-refractivity contribution in [3.05, 3.63) is 42.0 Å². The molecule has 1 atom stereocenters. The van der Waals surface area contributed by atoms with Gasteiger partial charge in [-0.15, -0.1) is 0 Å². The Bertz CT molecular complexity index is 602. The Kier molecular flexibility index (Phi) is 3.41. The molecule has 5 heteroatoms. The number of anilines is 1. The average Bonchev–Trinajstić information content (AvgIpc) is 2.84. The summed E-state index contributed by atoms with van der Waals surface area (Å²) in [6.07, 6.45) is 6.17. The summed E-state index contributed by atoms with van der Waals surface area (Å²) >= 11 is 0. The fraction of sp³-hybridized carbons (Fsp3) is 0.333. The van der Waals surface area contributed by atoms with Gasteiger partial charge in [-0.25, -0.2) is 9.97 Å². The van der Waals surface area contributed by atoms with Crippen LogP contribution in [0.1, 0.15) is 18.1 Å². The Morgan fingerprint density at radius 2 is 2.15 bits per heavy atom. The average molecular weight is 271 g/mol. The van der Waals surface area contributed by atoms with Crippen molar-refractivity contribution in [1.82, 2.24) is 9.97 Å². The maximum Gasteiger partial charge on any atom is 0.124 e. The molecule has 0 saturated heterocycles. The van der Waals surface area contributed by atoms with Gasteiger partial charge in [0, 0.05) is 24.1 Å². The first-order valence-electron chi connectivity index (χ1n) is 6.61. The number of nitrogens with zero attached hydrogens (tertiary/aromatic N) is 2. The third-order valence-corrected chi connectivity index (χ3v) is 3.34. The molecule has 1 aliphatic heterocycles. The summed E-state index contributed by atoms with van der Waals surface area (Å²) in [6.45, 7) is 2.72. The molecule has 1 aliphatic rings. The van der Waals surface area contributed by atoms with E-state index in [4.69, 9.17) is 9.47 Å². The molecule has 2 aromatic rings. The molecule has 3 rings (SSSR count). The van der Waals surface area contributed by atoms with Crippen molar-refractivity contribution in [2.75, 3.05) is 12.4 Å². The topological polar surface area (TPSA) is 56.3 Å². The Labute approximate surface area is 118 Å². The minimum atomic E-state index is 0.237. The second-order valence-corrected chi connectivity index (χ2v) is 4.89. The van der Waals surface area contributed by atoms with E-state index in [0.717, 1.165) is 29.2 Å². The third-order valence-electron chi connectivity index (χ3n) is 3.34. The molecule has 20 heavy (non-hydrogen) atoms. The molecule has 0 amide bonds. The van der Waals surface area contributed by atoms with Gasteiger partial charge < -0.3 is 14.8 Å². The zero-order valence-electron chi connectivity index (χ0n) is 11.6. The van der Waals surface area contributed by atoms with Gasteiger partial charge in [0.2, 0.25) is 0 Å². The van der Waals surface area contributed by atoms with Crippen molar-refractivity contribution in [2.24, 2.45) is 0 Å². The van der Waals surface area contributed by atoms with Crippen molar-refractivity contribution in [1.29, 1.82) is 0 Å². The van der Waals surface area contributed by atoms with Gasteiger partial charge in [0.1, 0.15) is 23.9 Å². The lowest BCUT2D eigenvalue weighted by atomic mass is 10.1. The summed E-state index contributed by atoms with van der Waals surface area (Å²) in [5.74, 6) is 1.84. The maximum atomic E-state index is 5.79. The summed E-state index contributed by atoms with van der Waals surface area (Å²) in [6, 6.07) is 4.12. The Hall–Kier alpha value is -2.30. The van der Waals surface area contributed by atoms with Crippen molar-refractivity contribution in [3.8, 4) is 11.5 Å². The van der Waals surface area contributed by atoms with Crippen LogP contribution in [0.4, 0.5) is 5.69 Å². The minimum Gasteiger partial charge on any atom is -0.496 e. The highest BCUT2D eigenvalue weighted by Crippen LogP contribution is 2.35. The predicted molar refractivity (Wildman–Crippen MR) is 76.1 cm³/mol. The van der Waals surface area contributed by atoms with E-state index in [1.54, 1.807) is 19.5 Å². The van der Waals surface area contributed by atoms with Crippen molar-refractivity contribution >= 4 is 5.69 Å². The van der Waals surface area contributed by atoms with Gasteiger partial charge in [-0.05, 0) is 19.1 Å². The van der Waals surface area contributed by atoms with Gasteiger partial charge in [-0.1, -0.05) is 0 Å². The van der Waals surface area contributed by atoms with E-state index in [1.807, 2.05) is 0 Å². The Balaban J connectivity index is 1.81. The highest BCUT2D eigenvalue weighted by molar-refractivity contribution is 5.50. The number of methoxy groups -OCH3 is 1. The quantitative estimate of drug-likeness (QED) is 0.925. The van der Waals surface area contributed by atoms with Crippen LogP contribution in [-0.4, -0.2) is 23.2 Å². The van der Waals surface area contributed by atoms with Crippen LogP contribution >= 0.6 is 0 Å². The van der Waals surface area contributed by atoms with Crippen LogP contribution in [0, 0.1) is 0 Å². The second kappa shape index (κ2) is 5.36. The number of ether oxygens (including phenoxy) is 2. The summed E-state index contributed by atoms with van der Waals surface area (Å²) in [7, 11) is 1.69. The smallest absolute Gasteiger partial charge is 0.124 e. The number of hydrogen-bond acceptors (Lipinski definition) is 5. The largest absolute Gasteiger partial charge is 0.496 e. The first kappa shape index (κ1) is 12.7. The van der Waals surface area contributed by atoms with E-state index in [1.165, 1.54) is 11.9 Å². The Morgan fingerprint density at radius 1 is 1.35 bits per heavy atom. The van der Waals surface area contributed by atoms with E-state index in [-0.39, 0.29) is 6.10 Å². The SMILES string of the molecule is COc1cc2c(cc1CNc1cncnc1)OC(C)C2. The lowest BCUT2D eigenvalue weighted by Gasteiger charge is -2.12. The third kappa shape index (κ3) is 2.52. The van der Waals surface area contributed by atoms with E-state index in [9.17, 15) is 0 Å². The number of hydrogen-bond donors (Lipinski definition) is 1. The van der Waals surface area contributed by atoms with E-state index in [2.05, 4.69) is 34.3 Å². The zero-order valence-corrected chi connectivity index (χ0v) is 11.6. The monoisotopic (exact) mass is 271 g/mol. The van der Waals surface area contributed by atoms with Crippen LogP contribution in [0.25, 0.3) is 0 Å². The van der Waals surface area contributed by atoms with Crippen LogP contribution in [0.5, 0.6) is 11.5 Å². The van der Waals surface area contributed by atoms with Gasteiger partial charge in [0.05, 0.1) is 25.2 Å². The molecule has 0 saturated carbocycles. The summed E-state index contributed by atoms with van der Waals surface area (Å²) in [4.78, 5) is 7.96. The molecule has 1 aromatic carbocycles. The molecule has 1 unspecified atom stereocenters. The van der Waals surface area contributed by atoms with Crippen molar-refractivity contribution < 1.29 is 9.47 Å². The van der Waals surface area contributed by atoms with Gasteiger partial charge >= 0.3 is 0 Å². The van der Waals surface area contributed by atoms with E-state index in [0.29, 0.717) is 6.54 Å². The molecular weight excluding hydrogens is 254 g/mol. The lowest BCUT2D eigenvalue weighted by molar-refractivity contribution is 0.254. The molecule has 0 spiro atoms. The highest BCUT2D eigenvalue weighted by Gasteiger charge is 2.21. The Morgan fingerprint density at radius 3 is 2.90 bits per heavy atom. The van der Waals surface area contributed by atoms with Gasteiger partial charge in [0.15, 0.2) is 0 Å². The number of aromatic nitrogens is 2. The fourth-order valence-electron chi connectivity index (χ4n) is 2.40. The second-order valence-electron chi connectivity index (χ2n) is 4.89. The molecule has 1 N–H and O–H groups in total. The number of rotatable bonds is 4. The number of benzene rings is 1. The van der Waals surface area contributed by atoms with Crippen LogP contribution in [0.15, 0.2) is 30.9 Å². The van der Waals surface area contributed by atoms with Crippen molar-refractivity contribution in [2.45, 2.75) is 26.0 Å². The van der Waals surface area contributed by atoms with Gasteiger partial charge in [-0.2, -0.15) is 0 Å². The van der Waals surface area contributed by atoms with E-state index < -0.39 is 0 Å². The molecule has 104 valence electrons. The lowest BCUT2D eigenvalue weighted by Crippen LogP contribution is -2.05. The van der Waals surface area contributed by atoms with Crippen LogP contribution in [0.3, 0.4) is 0 Å². The number of fused-ring (bicyclic) bond motifs is 1. The normalized spacial score (nSPS) is 16.4. The van der Waals surface area contributed by atoms with Crippen LogP contribution in [0.2, 0.25) is 0 Å². The highest BCUT2D eigenvalue weighted by atomic mass is 16.5. The van der Waals surface area contributed by atoms with Gasteiger partial charge in [0.25, 0.3) is 0 Å². The van der Waals surface area contributed by atoms with Crippen molar-refractivity contribution in [3.63, 3.8) is 0 Å². The fourth-order valence-corrected chi connectivity index (χ4v) is 2.40. The summed E-state index contributed by atoms with van der Waals surface area (Å²) in [5, 5.41) is 3.28. The van der Waals surface area contributed by atoms with Crippen LogP contribution in [-0.2, 0) is 13.0 Å². The molecular formula is C15H17N3O2. The molecule has 2 heterocycles. The minimum absolute atomic E-state index is 0.237. The molecule has 0 fully saturated rings. The molecule has 0 aliphatic carbocycles. The number of nitrogens with one attached hydrogen (secondary N) is 1.